The van der Waals surface area contributed by atoms with Crippen LogP contribution in [0.1, 0.15) is 42.5 Å². The molecule has 1 saturated carbocycles. The van der Waals surface area contributed by atoms with Crippen LogP contribution in [0.3, 0.4) is 0 Å². The largest absolute Gasteiger partial charge is 0.378 e. The van der Waals surface area contributed by atoms with E-state index in [9.17, 15) is 5.26 Å². The minimum absolute atomic E-state index is 0.331. The van der Waals surface area contributed by atoms with Crippen molar-refractivity contribution in [3.63, 3.8) is 0 Å². The molecule has 2 fully saturated rings. The standard InChI is InChI=1S/C15H20N4O/c1-9-10(2)18-19-15(13(9)8-16)17-12-5-6-20-14(7-12)11-3-4-11/h11-12,14H,3-7H2,1-2H3,(H,17,19). The van der Waals surface area contributed by atoms with Crippen molar-refractivity contribution in [2.45, 2.75) is 51.7 Å². The molecule has 20 heavy (non-hydrogen) atoms. The van der Waals surface area contributed by atoms with Gasteiger partial charge in [-0.15, -0.1) is 5.10 Å². The van der Waals surface area contributed by atoms with Crippen LogP contribution >= 0.6 is 0 Å². The smallest absolute Gasteiger partial charge is 0.167 e. The zero-order chi connectivity index (χ0) is 14.1. The molecule has 0 radical (unpaired) electrons. The van der Waals surface area contributed by atoms with Crippen molar-refractivity contribution >= 4 is 5.82 Å². The summed E-state index contributed by atoms with van der Waals surface area (Å²) in [5, 5.41) is 21.0. The molecule has 1 aliphatic heterocycles. The van der Waals surface area contributed by atoms with Gasteiger partial charge in [-0.2, -0.15) is 10.4 Å². The molecule has 1 aromatic rings. The highest BCUT2D eigenvalue weighted by Gasteiger charge is 2.36. The maximum absolute atomic E-state index is 9.32. The molecule has 2 aliphatic rings. The normalized spacial score (nSPS) is 26.1. The van der Waals surface area contributed by atoms with Crippen LogP contribution in [0.4, 0.5) is 5.82 Å². The summed E-state index contributed by atoms with van der Waals surface area (Å²) in [6.45, 7) is 4.59. The molecular weight excluding hydrogens is 252 g/mol. The Morgan fingerprint density at radius 1 is 1.25 bits per heavy atom. The second-order valence-corrected chi connectivity index (χ2v) is 5.86. The number of nitrogens with one attached hydrogen (secondary N) is 1. The summed E-state index contributed by atoms with van der Waals surface area (Å²) >= 11 is 0. The van der Waals surface area contributed by atoms with E-state index in [0.29, 0.717) is 23.5 Å². The van der Waals surface area contributed by atoms with Crippen molar-refractivity contribution < 1.29 is 4.74 Å². The van der Waals surface area contributed by atoms with E-state index in [-0.39, 0.29) is 0 Å². The highest BCUT2D eigenvalue weighted by molar-refractivity contribution is 5.56. The van der Waals surface area contributed by atoms with E-state index in [0.717, 1.165) is 36.6 Å². The third-order valence-corrected chi connectivity index (χ3v) is 4.37. The molecule has 1 N–H and O–H groups in total. The number of rotatable bonds is 3. The van der Waals surface area contributed by atoms with Crippen LogP contribution in [0, 0.1) is 31.1 Å². The molecule has 0 amide bonds. The second-order valence-electron chi connectivity index (χ2n) is 5.86. The van der Waals surface area contributed by atoms with Gasteiger partial charge in [-0.25, -0.2) is 0 Å². The number of aromatic nitrogens is 2. The molecule has 0 spiro atoms. The van der Waals surface area contributed by atoms with Crippen molar-refractivity contribution in [1.82, 2.24) is 10.2 Å². The summed E-state index contributed by atoms with van der Waals surface area (Å²) < 4.78 is 5.83. The van der Waals surface area contributed by atoms with Crippen LogP contribution in [-0.4, -0.2) is 29.0 Å². The van der Waals surface area contributed by atoms with Crippen LogP contribution in [0.5, 0.6) is 0 Å². The lowest BCUT2D eigenvalue weighted by atomic mass is 9.99. The van der Waals surface area contributed by atoms with Crippen LogP contribution in [0.15, 0.2) is 0 Å². The predicted octanol–water partition coefficient (Wildman–Crippen LogP) is 2.33. The summed E-state index contributed by atoms with van der Waals surface area (Å²) in [6, 6.07) is 2.58. The molecule has 1 aliphatic carbocycles. The number of hydrogen-bond acceptors (Lipinski definition) is 5. The fourth-order valence-corrected chi connectivity index (χ4v) is 2.80. The van der Waals surface area contributed by atoms with E-state index < -0.39 is 0 Å². The zero-order valence-corrected chi connectivity index (χ0v) is 12.0. The summed E-state index contributed by atoms with van der Waals surface area (Å²) in [5.41, 5.74) is 2.35. The number of ether oxygens (including phenoxy) is 1. The maximum Gasteiger partial charge on any atom is 0.167 e. The van der Waals surface area contributed by atoms with E-state index in [2.05, 4.69) is 21.6 Å². The Kier molecular flexibility index (Phi) is 3.58. The van der Waals surface area contributed by atoms with Crippen molar-refractivity contribution in [3.05, 3.63) is 16.8 Å². The molecule has 0 bridgehead atoms. The van der Waals surface area contributed by atoms with Gasteiger partial charge in [0.25, 0.3) is 0 Å². The Hall–Kier alpha value is -1.67. The van der Waals surface area contributed by atoms with Gasteiger partial charge in [0.15, 0.2) is 5.82 Å². The summed E-state index contributed by atoms with van der Waals surface area (Å²) in [5.74, 6) is 1.37. The van der Waals surface area contributed by atoms with Gasteiger partial charge in [0.1, 0.15) is 11.6 Å². The molecule has 1 aromatic heterocycles. The fourth-order valence-electron chi connectivity index (χ4n) is 2.80. The molecule has 2 unspecified atom stereocenters. The SMILES string of the molecule is Cc1nnc(NC2CCOC(C3CC3)C2)c(C#N)c1C. The number of hydrogen-bond donors (Lipinski definition) is 1. The van der Waals surface area contributed by atoms with Gasteiger partial charge in [-0.3, -0.25) is 0 Å². The van der Waals surface area contributed by atoms with E-state index in [1.807, 2.05) is 13.8 Å². The maximum atomic E-state index is 9.32. The third-order valence-electron chi connectivity index (χ3n) is 4.37. The molecule has 1 saturated heterocycles. The lowest BCUT2D eigenvalue weighted by molar-refractivity contribution is -0.00224. The molecule has 5 heteroatoms. The topological polar surface area (TPSA) is 70.8 Å². The van der Waals surface area contributed by atoms with Crippen LogP contribution < -0.4 is 5.32 Å². The van der Waals surface area contributed by atoms with Crippen LogP contribution in [0.25, 0.3) is 0 Å². The van der Waals surface area contributed by atoms with E-state index >= 15 is 0 Å². The van der Waals surface area contributed by atoms with Crippen molar-refractivity contribution in [2.24, 2.45) is 5.92 Å². The molecular formula is C15H20N4O. The Labute approximate surface area is 119 Å². The van der Waals surface area contributed by atoms with E-state index in [4.69, 9.17) is 4.74 Å². The minimum Gasteiger partial charge on any atom is -0.378 e. The lowest BCUT2D eigenvalue weighted by Gasteiger charge is -2.30. The first-order valence-electron chi connectivity index (χ1n) is 7.31. The van der Waals surface area contributed by atoms with Crippen molar-refractivity contribution in [3.8, 4) is 6.07 Å². The Bertz CT molecular complexity index is 548. The van der Waals surface area contributed by atoms with Gasteiger partial charge < -0.3 is 10.1 Å². The molecule has 2 heterocycles. The van der Waals surface area contributed by atoms with Gasteiger partial charge in [-0.05, 0) is 51.0 Å². The third kappa shape index (κ3) is 2.61. The molecule has 0 aromatic carbocycles. The Balaban J connectivity index is 1.74. The average Bonchev–Trinajstić information content (AvgIpc) is 3.28. The van der Waals surface area contributed by atoms with Crippen molar-refractivity contribution in [1.29, 1.82) is 5.26 Å². The zero-order valence-electron chi connectivity index (χ0n) is 12.0. The van der Waals surface area contributed by atoms with Gasteiger partial charge in [0.05, 0.1) is 11.8 Å². The quantitative estimate of drug-likeness (QED) is 0.914. The highest BCUT2D eigenvalue weighted by atomic mass is 16.5. The van der Waals surface area contributed by atoms with Gasteiger partial charge >= 0.3 is 0 Å². The van der Waals surface area contributed by atoms with E-state index in [1.54, 1.807) is 0 Å². The second kappa shape index (κ2) is 5.37. The molecule has 3 rings (SSSR count). The fraction of sp³-hybridized carbons (Fsp3) is 0.667. The minimum atomic E-state index is 0.331. The molecule has 2 atom stereocenters. The average molecular weight is 272 g/mol. The predicted molar refractivity (Wildman–Crippen MR) is 75.3 cm³/mol. The van der Waals surface area contributed by atoms with Crippen LogP contribution in [0.2, 0.25) is 0 Å². The van der Waals surface area contributed by atoms with Crippen molar-refractivity contribution in [2.75, 3.05) is 11.9 Å². The summed E-state index contributed by atoms with van der Waals surface area (Å²) in [7, 11) is 0. The van der Waals surface area contributed by atoms with Gasteiger partial charge in [0, 0.05) is 12.6 Å². The first kappa shape index (κ1) is 13.3. The Morgan fingerprint density at radius 2 is 2.05 bits per heavy atom. The monoisotopic (exact) mass is 272 g/mol. The Morgan fingerprint density at radius 3 is 2.75 bits per heavy atom. The van der Waals surface area contributed by atoms with Gasteiger partial charge in [0.2, 0.25) is 0 Å². The number of aryl methyl sites for hydroxylation is 1. The van der Waals surface area contributed by atoms with Crippen LogP contribution in [-0.2, 0) is 4.74 Å². The molecule has 5 nitrogen and oxygen atoms in total. The summed E-state index contributed by atoms with van der Waals surface area (Å²) in [6.07, 6.45) is 4.94. The molecule has 106 valence electrons. The first-order valence-corrected chi connectivity index (χ1v) is 7.31. The summed E-state index contributed by atoms with van der Waals surface area (Å²) in [4.78, 5) is 0. The van der Waals surface area contributed by atoms with E-state index in [1.165, 1.54) is 12.8 Å². The highest BCUT2D eigenvalue weighted by Crippen LogP contribution is 2.38. The number of anilines is 1. The first-order chi connectivity index (χ1) is 9.69. The lowest BCUT2D eigenvalue weighted by Crippen LogP contribution is -2.35. The van der Waals surface area contributed by atoms with Gasteiger partial charge in [-0.1, -0.05) is 0 Å². The number of nitriles is 1. The number of nitrogens with zero attached hydrogens (tertiary/aromatic N) is 3.